The van der Waals surface area contributed by atoms with Gasteiger partial charge in [-0.15, -0.1) is 11.3 Å². The summed E-state index contributed by atoms with van der Waals surface area (Å²) in [7, 11) is 0. The van der Waals surface area contributed by atoms with Crippen LogP contribution in [-0.4, -0.2) is 35.4 Å². The molecule has 0 aliphatic heterocycles. The number of nitrogens with zero attached hydrogens (tertiary/aromatic N) is 3. The fourth-order valence-electron chi connectivity index (χ4n) is 1.99. The van der Waals surface area contributed by atoms with E-state index in [1.165, 1.54) is 8.66 Å². The van der Waals surface area contributed by atoms with Gasteiger partial charge in [0.2, 0.25) is 0 Å². The minimum Gasteiger partial charge on any atom is -0.357 e. The molecule has 0 spiro atoms. The fraction of sp³-hybridized carbons (Fsp3) is 0.467. The number of nitrogens with one attached hydrogen (secondary N) is 2. The molecule has 22 heavy (non-hydrogen) atoms. The molecule has 5 nitrogen and oxygen atoms in total. The molecular weight excluding hydrogens is 362 g/mol. The Morgan fingerprint density at radius 2 is 2.32 bits per heavy atom. The van der Waals surface area contributed by atoms with Gasteiger partial charge >= 0.3 is 0 Å². The van der Waals surface area contributed by atoms with Gasteiger partial charge < -0.3 is 10.6 Å². The van der Waals surface area contributed by atoms with Crippen molar-refractivity contribution in [2.75, 3.05) is 19.6 Å². The van der Waals surface area contributed by atoms with Crippen LogP contribution in [0.5, 0.6) is 0 Å². The van der Waals surface area contributed by atoms with Crippen LogP contribution in [0.15, 0.2) is 39.4 Å². The molecule has 0 amide bonds. The zero-order valence-corrected chi connectivity index (χ0v) is 15.2. The lowest BCUT2D eigenvalue weighted by molar-refractivity contribution is 0.584. The average molecular weight is 384 g/mol. The third-order valence-corrected chi connectivity index (χ3v) is 4.69. The highest BCUT2D eigenvalue weighted by atomic mass is 79.9. The van der Waals surface area contributed by atoms with Crippen LogP contribution in [0, 0.1) is 0 Å². The molecule has 2 aromatic rings. The number of halogens is 1. The van der Waals surface area contributed by atoms with E-state index in [4.69, 9.17) is 0 Å². The Kier molecular flexibility index (Phi) is 7.45. The van der Waals surface area contributed by atoms with E-state index < -0.39 is 0 Å². The number of aliphatic imine (C=N–C) groups is 1. The number of guanidine groups is 1. The van der Waals surface area contributed by atoms with Crippen LogP contribution in [0.4, 0.5) is 0 Å². The van der Waals surface area contributed by atoms with E-state index in [-0.39, 0.29) is 0 Å². The van der Waals surface area contributed by atoms with Crippen molar-refractivity contribution in [3.63, 3.8) is 0 Å². The first-order chi connectivity index (χ1) is 10.8. The highest BCUT2D eigenvalue weighted by molar-refractivity contribution is 9.11. The summed E-state index contributed by atoms with van der Waals surface area (Å²) in [4.78, 5) is 5.97. The Balaban J connectivity index is 1.69. The molecule has 0 saturated heterocycles. The van der Waals surface area contributed by atoms with Crippen molar-refractivity contribution in [2.24, 2.45) is 4.99 Å². The molecule has 0 aliphatic carbocycles. The zero-order chi connectivity index (χ0) is 15.6. The van der Waals surface area contributed by atoms with Crippen molar-refractivity contribution in [1.82, 2.24) is 20.4 Å². The number of rotatable bonds is 8. The predicted molar refractivity (Wildman–Crippen MR) is 96.5 cm³/mol. The maximum Gasteiger partial charge on any atom is 0.191 e. The second kappa shape index (κ2) is 9.63. The molecule has 7 heteroatoms. The summed E-state index contributed by atoms with van der Waals surface area (Å²) in [5.41, 5.74) is 0. The zero-order valence-electron chi connectivity index (χ0n) is 12.8. The smallest absolute Gasteiger partial charge is 0.191 e. The maximum absolute atomic E-state index is 4.60. The minimum atomic E-state index is 0.791. The number of thiophene rings is 1. The van der Waals surface area contributed by atoms with Crippen molar-refractivity contribution in [2.45, 2.75) is 26.3 Å². The van der Waals surface area contributed by atoms with E-state index in [0.717, 1.165) is 45.0 Å². The van der Waals surface area contributed by atoms with Crippen LogP contribution in [0.1, 0.15) is 18.2 Å². The van der Waals surface area contributed by atoms with E-state index in [2.05, 4.69) is 55.7 Å². The number of aromatic nitrogens is 2. The first kappa shape index (κ1) is 17.0. The maximum atomic E-state index is 4.60. The highest BCUT2D eigenvalue weighted by Gasteiger charge is 2.00. The minimum absolute atomic E-state index is 0.791. The van der Waals surface area contributed by atoms with Crippen molar-refractivity contribution < 1.29 is 0 Å². The second-order valence-electron chi connectivity index (χ2n) is 4.77. The van der Waals surface area contributed by atoms with Crippen molar-refractivity contribution in [3.8, 4) is 0 Å². The van der Waals surface area contributed by atoms with E-state index in [0.29, 0.717) is 0 Å². The Morgan fingerprint density at radius 3 is 3.00 bits per heavy atom. The molecule has 0 radical (unpaired) electrons. The standard InChI is InChI=1S/C15H22BrN5S/c1-2-17-15(18-8-3-11-21-12-4-9-20-21)19-10-7-13-5-6-14(16)22-13/h4-6,9,12H,2-3,7-8,10-11H2,1H3,(H2,17,18,19). The van der Waals surface area contributed by atoms with Gasteiger partial charge in [0.05, 0.1) is 3.79 Å². The first-order valence-corrected chi connectivity index (χ1v) is 9.12. The third-order valence-electron chi connectivity index (χ3n) is 3.01. The monoisotopic (exact) mass is 383 g/mol. The molecule has 0 fully saturated rings. The van der Waals surface area contributed by atoms with Crippen molar-refractivity contribution in [1.29, 1.82) is 0 Å². The molecule has 0 saturated carbocycles. The molecule has 0 atom stereocenters. The van der Waals surface area contributed by atoms with Gasteiger partial charge in [-0.2, -0.15) is 5.10 Å². The number of hydrogen-bond acceptors (Lipinski definition) is 3. The molecular formula is C15H22BrN5S. The SMILES string of the molecule is CCNC(=NCCCn1cccn1)NCCc1ccc(Br)s1. The van der Waals surface area contributed by atoms with Gasteiger partial charge in [0, 0.05) is 43.4 Å². The van der Waals surface area contributed by atoms with E-state index in [9.17, 15) is 0 Å². The molecule has 2 heterocycles. The molecule has 120 valence electrons. The van der Waals surface area contributed by atoms with Crippen LogP contribution in [0.3, 0.4) is 0 Å². The summed E-state index contributed by atoms with van der Waals surface area (Å²) in [6.07, 6.45) is 5.77. The largest absolute Gasteiger partial charge is 0.357 e. The molecule has 0 bridgehead atoms. The third kappa shape index (κ3) is 6.19. The molecule has 2 aromatic heterocycles. The summed E-state index contributed by atoms with van der Waals surface area (Å²) in [6, 6.07) is 6.19. The molecule has 0 aromatic carbocycles. The lowest BCUT2D eigenvalue weighted by atomic mass is 10.3. The Labute approximate surface area is 144 Å². The first-order valence-electron chi connectivity index (χ1n) is 7.51. The molecule has 0 unspecified atom stereocenters. The number of hydrogen-bond donors (Lipinski definition) is 2. The van der Waals surface area contributed by atoms with E-state index >= 15 is 0 Å². The summed E-state index contributed by atoms with van der Waals surface area (Å²) >= 11 is 5.27. The second-order valence-corrected chi connectivity index (χ2v) is 7.31. The van der Waals surface area contributed by atoms with Gasteiger partial charge in [0.1, 0.15) is 0 Å². The van der Waals surface area contributed by atoms with Crippen LogP contribution in [0.2, 0.25) is 0 Å². The van der Waals surface area contributed by atoms with Gasteiger partial charge in [-0.1, -0.05) is 0 Å². The van der Waals surface area contributed by atoms with Gasteiger partial charge in [0.25, 0.3) is 0 Å². The van der Waals surface area contributed by atoms with Crippen LogP contribution in [0.25, 0.3) is 0 Å². The van der Waals surface area contributed by atoms with Crippen LogP contribution < -0.4 is 10.6 Å². The van der Waals surface area contributed by atoms with Crippen molar-refractivity contribution >= 4 is 33.2 Å². The summed E-state index contributed by atoms with van der Waals surface area (Å²) in [5.74, 6) is 0.888. The van der Waals surface area contributed by atoms with Gasteiger partial charge in [-0.3, -0.25) is 9.67 Å². The lowest BCUT2D eigenvalue weighted by Crippen LogP contribution is -2.38. The number of aryl methyl sites for hydroxylation is 1. The van der Waals surface area contributed by atoms with Gasteiger partial charge in [0.15, 0.2) is 5.96 Å². The lowest BCUT2D eigenvalue weighted by Gasteiger charge is -2.10. The average Bonchev–Trinajstić information content (AvgIpc) is 3.15. The molecule has 2 N–H and O–H groups in total. The summed E-state index contributed by atoms with van der Waals surface area (Å²) in [5, 5.41) is 10.8. The quantitative estimate of drug-likeness (QED) is 0.418. The van der Waals surface area contributed by atoms with Crippen molar-refractivity contribution in [3.05, 3.63) is 39.3 Å². The highest BCUT2D eigenvalue weighted by Crippen LogP contribution is 2.21. The fourth-order valence-corrected chi connectivity index (χ4v) is 3.47. The predicted octanol–water partition coefficient (Wildman–Crippen LogP) is 2.90. The Hall–Kier alpha value is -1.34. The van der Waals surface area contributed by atoms with Gasteiger partial charge in [-0.25, -0.2) is 0 Å². The van der Waals surface area contributed by atoms with E-state index in [1.807, 2.05) is 16.9 Å². The van der Waals surface area contributed by atoms with Gasteiger partial charge in [-0.05, 0) is 53.9 Å². The Morgan fingerprint density at radius 1 is 1.41 bits per heavy atom. The molecule has 2 rings (SSSR count). The van der Waals surface area contributed by atoms with Crippen LogP contribution in [-0.2, 0) is 13.0 Å². The summed E-state index contributed by atoms with van der Waals surface area (Å²) in [6.45, 7) is 5.53. The van der Waals surface area contributed by atoms with Crippen LogP contribution >= 0.6 is 27.3 Å². The van der Waals surface area contributed by atoms with E-state index in [1.54, 1.807) is 17.5 Å². The molecule has 0 aliphatic rings. The Bertz CT molecular complexity index is 564. The summed E-state index contributed by atoms with van der Waals surface area (Å²) < 4.78 is 3.12. The topological polar surface area (TPSA) is 54.2 Å². The normalized spacial score (nSPS) is 11.6.